The SMILES string of the molecule is CCOc1ccc(C)cc1C(Cl)c1ccc(CC)s1. The number of halogens is 1. The van der Waals surface area contributed by atoms with Gasteiger partial charge in [0.2, 0.25) is 0 Å². The highest BCUT2D eigenvalue weighted by Crippen LogP contribution is 2.38. The molecule has 2 rings (SSSR count). The highest BCUT2D eigenvalue weighted by molar-refractivity contribution is 7.12. The monoisotopic (exact) mass is 294 g/mol. The Morgan fingerprint density at radius 3 is 2.63 bits per heavy atom. The first-order valence-corrected chi connectivity index (χ1v) is 7.87. The van der Waals surface area contributed by atoms with Gasteiger partial charge < -0.3 is 4.74 Å². The van der Waals surface area contributed by atoms with Crippen LogP contribution in [-0.2, 0) is 6.42 Å². The molecule has 1 aromatic heterocycles. The van der Waals surface area contributed by atoms with Gasteiger partial charge in [0, 0.05) is 15.3 Å². The van der Waals surface area contributed by atoms with E-state index in [1.807, 2.05) is 13.0 Å². The summed E-state index contributed by atoms with van der Waals surface area (Å²) >= 11 is 8.43. The third kappa shape index (κ3) is 3.31. The van der Waals surface area contributed by atoms with E-state index in [-0.39, 0.29) is 5.38 Å². The molecule has 0 aliphatic rings. The lowest BCUT2D eigenvalue weighted by molar-refractivity contribution is 0.337. The van der Waals surface area contributed by atoms with Crippen LogP contribution >= 0.6 is 22.9 Å². The van der Waals surface area contributed by atoms with E-state index in [0.29, 0.717) is 6.61 Å². The van der Waals surface area contributed by atoms with Crippen molar-refractivity contribution in [2.75, 3.05) is 6.61 Å². The molecule has 1 atom stereocenters. The van der Waals surface area contributed by atoms with Crippen molar-refractivity contribution in [3.8, 4) is 5.75 Å². The van der Waals surface area contributed by atoms with Crippen molar-refractivity contribution in [2.45, 2.75) is 32.6 Å². The number of alkyl halides is 1. The maximum Gasteiger partial charge on any atom is 0.124 e. The van der Waals surface area contributed by atoms with Crippen molar-refractivity contribution in [2.24, 2.45) is 0 Å². The Kier molecular flexibility index (Phi) is 4.89. The van der Waals surface area contributed by atoms with Gasteiger partial charge in [-0.25, -0.2) is 0 Å². The van der Waals surface area contributed by atoms with Crippen LogP contribution in [-0.4, -0.2) is 6.61 Å². The molecule has 1 nitrogen and oxygen atoms in total. The van der Waals surface area contributed by atoms with Gasteiger partial charge in [0.25, 0.3) is 0 Å². The van der Waals surface area contributed by atoms with Crippen LogP contribution in [0.15, 0.2) is 30.3 Å². The number of rotatable bonds is 5. The Labute approximate surface area is 124 Å². The molecule has 1 unspecified atom stereocenters. The molecule has 0 aliphatic carbocycles. The Balaban J connectivity index is 2.36. The van der Waals surface area contributed by atoms with Crippen LogP contribution in [0.2, 0.25) is 0 Å². The van der Waals surface area contributed by atoms with Gasteiger partial charge in [-0.1, -0.05) is 24.6 Å². The summed E-state index contributed by atoms with van der Waals surface area (Å²) < 4.78 is 5.69. The molecule has 0 fully saturated rings. The average Bonchev–Trinajstić information content (AvgIpc) is 2.89. The standard InChI is InChI=1S/C16H19ClOS/c1-4-12-7-9-15(19-12)16(17)13-10-11(3)6-8-14(13)18-5-2/h6-10,16H,4-5H2,1-3H3. The Morgan fingerprint density at radius 2 is 2.00 bits per heavy atom. The predicted octanol–water partition coefficient (Wildman–Crippen LogP) is 5.35. The number of benzene rings is 1. The van der Waals surface area contributed by atoms with Crippen LogP contribution in [0.25, 0.3) is 0 Å². The predicted molar refractivity (Wildman–Crippen MR) is 83.7 cm³/mol. The van der Waals surface area contributed by atoms with Crippen LogP contribution in [0.5, 0.6) is 5.75 Å². The van der Waals surface area contributed by atoms with E-state index >= 15 is 0 Å². The lowest BCUT2D eigenvalue weighted by Gasteiger charge is -2.14. The minimum absolute atomic E-state index is 0.133. The van der Waals surface area contributed by atoms with Gasteiger partial charge >= 0.3 is 0 Å². The Bertz CT molecular complexity index is 547. The number of hydrogen-bond acceptors (Lipinski definition) is 2. The second-order valence-corrected chi connectivity index (χ2v) is 6.13. The minimum Gasteiger partial charge on any atom is -0.494 e. The van der Waals surface area contributed by atoms with E-state index in [9.17, 15) is 0 Å². The first-order valence-electron chi connectivity index (χ1n) is 6.61. The molecule has 0 saturated heterocycles. The zero-order valence-corrected chi connectivity index (χ0v) is 13.1. The van der Waals surface area contributed by atoms with Crippen molar-refractivity contribution >= 4 is 22.9 Å². The van der Waals surface area contributed by atoms with E-state index < -0.39 is 0 Å². The summed E-state index contributed by atoms with van der Waals surface area (Å²) in [7, 11) is 0. The maximum absolute atomic E-state index is 6.65. The normalized spacial score (nSPS) is 12.4. The maximum atomic E-state index is 6.65. The second kappa shape index (κ2) is 6.44. The van der Waals surface area contributed by atoms with Crippen molar-refractivity contribution in [3.63, 3.8) is 0 Å². The molecule has 0 radical (unpaired) electrons. The Morgan fingerprint density at radius 1 is 1.21 bits per heavy atom. The average molecular weight is 295 g/mol. The molecule has 2 aromatic rings. The third-order valence-electron chi connectivity index (χ3n) is 3.02. The quantitative estimate of drug-likeness (QED) is 0.676. The molecule has 0 spiro atoms. The van der Waals surface area contributed by atoms with Gasteiger partial charge in [0.05, 0.1) is 12.0 Å². The van der Waals surface area contributed by atoms with E-state index in [1.54, 1.807) is 11.3 Å². The number of thiophene rings is 1. The molecule has 0 amide bonds. The molecular formula is C16H19ClOS. The van der Waals surface area contributed by atoms with Crippen LogP contribution in [0.1, 0.15) is 40.1 Å². The highest BCUT2D eigenvalue weighted by atomic mass is 35.5. The second-order valence-electron chi connectivity index (χ2n) is 4.49. The zero-order valence-electron chi connectivity index (χ0n) is 11.6. The molecule has 0 aliphatic heterocycles. The minimum atomic E-state index is -0.133. The summed E-state index contributed by atoms with van der Waals surface area (Å²) in [5.41, 5.74) is 2.27. The highest BCUT2D eigenvalue weighted by Gasteiger charge is 2.17. The largest absolute Gasteiger partial charge is 0.494 e. The van der Waals surface area contributed by atoms with Gasteiger partial charge in [0.1, 0.15) is 5.75 Å². The fraction of sp³-hybridized carbons (Fsp3) is 0.375. The smallest absolute Gasteiger partial charge is 0.124 e. The number of hydrogen-bond donors (Lipinski definition) is 0. The van der Waals surface area contributed by atoms with E-state index in [2.05, 4.69) is 38.1 Å². The topological polar surface area (TPSA) is 9.23 Å². The van der Waals surface area contributed by atoms with Gasteiger partial charge in [-0.3, -0.25) is 0 Å². The van der Waals surface area contributed by atoms with Crippen molar-refractivity contribution < 1.29 is 4.74 Å². The first kappa shape index (κ1) is 14.4. The summed E-state index contributed by atoms with van der Waals surface area (Å²) in [5, 5.41) is -0.133. The third-order valence-corrected chi connectivity index (χ3v) is 4.91. The molecule has 19 heavy (non-hydrogen) atoms. The van der Waals surface area contributed by atoms with Gasteiger partial charge in [-0.15, -0.1) is 22.9 Å². The molecular weight excluding hydrogens is 276 g/mol. The fourth-order valence-corrected chi connectivity index (χ4v) is 3.35. The summed E-state index contributed by atoms with van der Waals surface area (Å²) in [6, 6.07) is 10.5. The van der Waals surface area contributed by atoms with Crippen LogP contribution in [0.4, 0.5) is 0 Å². The summed E-state index contributed by atoms with van der Waals surface area (Å²) in [6.07, 6.45) is 1.06. The van der Waals surface area contributed by atoms with E-state index in [0.717, 1.165) is 17.7 Å². The summed E-state index contributed by atoms with van der Waals surface area (Å²) in [4.78, 5) is 2.55. The first-order chi connectivity index (χ1) is 9.15. The zero-order chi connectivity index (χ0) is 13.8. The van der Waals surface area contributed by atoms with E-state index in [1.165, 1.54) is 15.3 Å². The lowest BCUT2D eigenvalue weighted by atomic mass is 10.1. The molecule has 0 bridgehead atoms. The van der Waals surface area contributed by atoms with Crippen molar-refractivity contribution in [1.29, 1.82) is 0 Å². The lowest BCUT2D eigenvalue weighted by Crippen LogP contribution is -1.99. The molecule has 1 aromatic carbocycles. The van der Waals surface area contributed by atoms with Crippen molar-refractivity contribution in [1.82, 2.24) is 0 Å². The summed E-state index contributed by atoms with van der Waals surface area (Å²) in [5.74, 6) is 0.888. The Hall–Kier alpha value is -0.990. The molecule has 102 valence electrons. The van der Waals surface area contributed by atoms with Crippen molar-refractivity contribution in [3.05, 3.63) is 51.2 Å². The van der Waals surface area contributed by atoms with Gasteiger partial charge in [-0.05, 0) is 38.5 Å². The molecule has 0 N–H and O–H groups in total. The molecule has 0 saturated carbocycles. The van der Waals surface area contributed by atoms with Gasteiger partial charge in [0.15, 0.2) is 0 Å². The van der Waals surface area contributed by atoms with Crippen LogP contribution in [0, 0.1) is 6.92 Å². The fourth-order valence-electron chi connectivity index (χ4n) is 2.03. The number of ether oxygens (including phenoxy) is 1. The van der Waals surface area contributed by atoms with Crippen LogP contribution < -0.4 is 4.74 Å². The van der Waals surface area contributed by atoms with E-state index in [4.69, 9.17) is 16.3 Å². The summed E-state index contributed by atoms with van der Waals surface area (Å²) in [6.45, 7) is 6.89. The molecule has 1 heterocycles. The van der Waals surface area contributed by atoms with Crippen LogP contribution in [0.3, 0.4) is 0 Å². The van der Waals surface area contributed by atoms with Gasteiger partial charge in [-0.2, -0.15) is 0 Å². The molecule has 3 heteroatoms. The number of aryl methyl sites for hydroxylation is 2.